The van der Waals surface area contributed by atoms with Crippen molar-refractivity contribution in [2.45, 2.75) is 13.2 Å². The van der Waals surface area contributed by atoms with Crippen LogP contribution < -0.4 is 10.1 Å². The summed E-state index contributed by atoms with van der Waals surface area (Å²) in [5.41, 5.74) is 2.87. The van der Waals surface area contributed by atoms with E-state index < -0.39 is 0 Å². The van der Waals surface area contributed by atoms with Crippen molar-refractivity contribution in [1.82, 2.24) is 0 Å². The average molecular weight is 409 g/mol. The molecule has 3 nitrogen and oxygen atoms in total. The molecule has 2 N–H and O–H groups in total. The van der Waals surface area contributed by atoms with Crippen LogP contribution in [0.5, 0.6) is 11.5 Å². The molecule has 0 fully saturated rings. The van der Waals surface area contributed by atoms with E-state index in [0.29, 0.717) is 18.2 Å². The number of phenolic OH excluding ortho intramolecular Hbond substituents is 1. The summed E-state index contributed by atoms with van der Waals surface area (Å²) in [5, 5.41) is 13.9. The van der Waals surface area contributed by atoms with Crippen LogP contribution in [-0.2, 0) is 13.2 Å². The number of hydrogen-bond donors (Lipinski definition) is 2. The largest absolute Gasteiger partial charge is 0.505 e. The first-order valence-corrected chi connectivity index (χ1v) is 9.03. The smallest absolute Gasteiger partial charge is 0.152 e. The minimum absolute atomic E-state index is 0.110. The maximum Gasteiger partial charge on any atom is 0.152 e. The molecule has 0 saturated carbocycles. The van der Waals surface area contributed by atoms with Crippen LogP contribution in [0.15, 0.2) is 60.7 Å². The van der Waals surface area contributed by atoms with Gasteiger partial charge in [0.05, 0.1) is 10.0 Å². The van der Waals surface area contributed by atoms with Crippen LogP contribution in [0.4, 0.5) is 5.69 Å². The standard InChI is InChI=1S/C20H16Cl3NO2/c21-15-5-1-14(2-6-15)12-26-17-7-3-13(4-8-17)11-24-16-9-18(22)20(25)19(23)10-16/h1-10,24-25H,11-12H2. The number of nitrogens with one attached hydrogen (secondary N) is 1. The van der Waals surface area contributed by atoms with Gasteiger partial charge in [-0.25, -0.2) is 0 Å². The van der Waals surface area contributed by atoms with E-state index >= 15 is 0 Å². The van der Waals surface area contributed by atoms with Gasteiger partial charge in [0, 0.05) is 17.3 Å². The number of phenols is 1. The monoisotopic (exact) mass is 407 g/mol. The number of anilines is 1. The van der Waals surface area contributed by atoms with Crippen molar-refractivity contribution in [2.75, 3.05) is 5.32 Å². The molecule has 0 aliphatic rings. The lowest BCUT2D eigenvalue weighted by Crippen LogP contribution is -2.00. The Morgan fingerprint density at radius 1 is 0.808 bits per heavy atom. The fourth-order valence-electron chi connectivity index (χ4n) is 2.32. The number of halogens is 3. The first-order valence-electron chi connectivity index (χ1n) is 7.89. The molecule has 134 valence electrons. The molecule has 26 heavy (non-hydrogen) atoms. The normalized spacial score (nSPS) is 10.6. The predicted molar refractivity (Wildman–Crippen MR) is 108 cm³/mol. The molecular formula is C20H16Cl3NO2. The second-order valence-corrected chi connectivity index (χ2v) is 6.95. The second-order valence-electron chi connectivity index (χ2n) is 5.70. The highest BCUT2D eigenvalue weighted by Gasteiger charge is 2.06. The third-order valence-corrected chi connectivity index (χ3v) is 4.58. The molecule has 0 amide bonds. The summed E-state index contributed by atoms with van der Waals surface area (Å²) in [6, 6.07) is 18.6. The zero-order chi connectivity index (χ0) is 18.5. The van der Waals surface area contributed by atoms with E-state index in [0.717, 1.165) is 22.6 Å². The van der Waals surface area contributed by atoms with Crippen LogP contribution in [0.25, 0.3) is 0 Å². The maximum atomic E-state index is 9.58. The molecule has 0 heterocycles. The summed E-state index contributed by atoms with van der Waals surface area (Å²) in [6.45, 7) is 1.08. The molecular weight excluding hydrogens is 393 g/mol. The molecule has 3 aromatic carbocycles. The minimum atomic E-state index is -0.110. The van der Waals surface area contributed by atoms with Gasteiger partial charge >= 0.3 is 0 Å². The highest BCUT2D eigenvalue weighted by Crippen LogP contribution is 2.34. The van der Waals surface area contributed by atoms with Crippen LogP contribution in [-0.4, -0.2) is 5.11 Å². The van der Waals surface area contributed by atoms with Crippen LogP contribution in [0.3, 0.4) is 0 Å². The van der Waals surface area contributed by atoms with E-state index in [1.807, 2.05) is 48.5 Å². The molecule has 0 atom stereocenters. The van der Waals surface area contributed by atoms with Gasteiger partial charge in [-0.3, -0.25) is 0 Å². The third-order valence-electron chi connectivity index (χ3n) is 3.76. The SMILES string of the molecule is Oc1c(Cl)cc(NCc2ccc(OCc3ccc(Cl)cc3)cc2)cc1Cl. The van der Waals surface area contributed by atoms with Crippen LogP contribution >= 0.6 is 34.8 Å². The molecule has 0 spiro atoms. The Kier molecular flexibility index (Phi) is 6.15. The highest BCUT2D eigenvalue weighted by atomic mass is 35.5. The summed E-state index contributed by atoms with van der Waals surface area (Å²) in [6.07, 6.45) is 0. The number of rotatable bonds is 6. The summed E-state index contributed by atoms with van der Waals surface area (Å²) in [7, 11) is 0. The molecule has 0 unspecified atom stereocenters. The Balaban J connectivity index is 1.55. The number of hydrogen-bond acceptors (Lipinski definition) is 3. The molecule has 0 aromatic heterocycles. The van der Waals surface area contributed by atoms with Crippen LogP contribution in [0.1, 0.15) is 11.1 Å². The maximum absolute atomic E-state index is 9.58. The van der Waals surface area contributed by atoms with Crippen LogP contribution in [0, 0.1) is 0 Å². The molecule has 0 aliphatic heterocycles. The zero-order valence-corrected chi connectivity index (χ0v) is 15.9. The van der Waals surface area contributed by atoms with Gasteiger partial charge in [0.25, 0.3) is 0 Å². The quantitative estimate of drug-likeness (QED) is 0.455. The molecule has 3 aromatic rings. The van der Waals surface area contributed by atoms with Crippen molar-refractivity contribution in [2.24, 2.45) is 0 Å². The first kappa shape index (κ1) is 18.7. The summed E-state index contributed by atoms with van der Waals surface area (Å²) >= 11 is 17.7. The molecule has 3 rings (SSSR count). The minimum Gasteiger partial charge on any atom is -0.505 e. The van der Waals surface area contributed by atoms with Crippen molar-refractivity contribution in [3.63, 3.8) is 0 Å². The fourth-order valence-corrected chi connectivity index (χ4v) is 2.94. The molecule has 0 saturated heterocycles. The van der Waals surface area contributed by atoms with Gasteiger partial charge in [0.2, 0.25) is 0 Å². The number of ether oxygens (including phenoxy) is 1. The summed E-state index contributed by atoms with van der Waals surface area (Å²) < 4.78 is 5.77. The van der Waals surface area contributed by atoms with Crippen LogP contribution in [0.2, 0.25) is 15.1 Å². The van der Waals surface area contributed by atoms with Crippen molar-refractivity contribution >= 4 is 40.5 Å². The topological polar surface area (TPSA) is 41.5 Å². The Labute approximate surface area is 167 Å². The van der Waals surface area contributed by atoms with Gasteiger partial charge in [0.15, 0.2) is 5.75 Å². The van der Waals surface area contributed by atoms with Crippen molar-refractivity contribution in [3.05, 3.63) is 86.9 Å². The summed E-state index contributed by atoms with van der Waals surface area (Å²) in [4.78, 5) is 0. The van der Waals surface area contributed by atoms with E-state index in [1.165, 1.54) is 0 Å². The average Bonchev–Trinajstić information content (AvgIpc) is 2.64. The lowest BCUT2D eigenvalue weighted by molar-refractivity contribution is 0.306. The number of aromatic hydroxyl groups is 1. The van der Waals surface area contributed by atoms with Crippen molar-refractivity contribution < 1.29 is 9.84 Å². The van der Waals surface area contributed by atoms with Gasteiger partial charge < -0.3 is 15.2 Å². The Morgan fingerprint density at radius 3 is 2.00 bits per heavy atom. The van der Waals surface area contributed by atoms with E-state index in [2.05, 4.69) is 5.32 Å². The summed E-state index contributed by atoms with van der Waals surface area (Å²) in [5.74, 6) is 0.681. The molecule has 6 heteroatoms. The van der Waals surface area contributed by atoms with E-state index in [4.69, 9.17) is 39.5 Å². The van der Waals surface area contributed by atoms with Gasteiger partial charge in [-0.15, -0.1) is 0 Å². The second kappa shape index (κ2) is 8.54. The molecule has 0 aliphatic carbocycles. The first-order chi connectivity index (χ1) is 12.5. The highest BCUT2D eigenvalue weighted by molar-refractivity contribution is 6.37. The zero-order valence-electron chi connectivity index (χ0n) is 13.7. The Hall–Kier alpha value is -2.07. The van der Waals surface area contributed by atoms with Gasteiger partial charge in [-0.1, -0.05) is 59.1 Å². The van der Waals surface area contributed by atoms with Gasteiger partial charge in [-0.2, -0.15) is 0 Å². The molecule has 0 bridgehead atoms. The van der Waals surface area contributed by atoms with Crippen molar-refractivity contribution in [1.29, 1.82) is 0 Å². The van der Waals surface area contributed by atoms with E-state index in [9.17, 15) is 5.11 Å². The van der Waals surface area contributed by atoms with Gasteiger partial charge in [0.1, 0.15) is 12.4 Å². The Bertz CT molecular complexity index is 858. The lowest BCUT2D eigenvalue weighted by atomic mass is 10.2. The van der Waals surface area contributed by atoms with Gasteiger partial charge in [-0.05, 0) is 47.5 Å². The third kappa shape index (κ3) is 4.98. The Morgan fingerprint density at radius 2 is 1.38 bits per heavy atom. The lowest BCUT2D eigenvalue weighted by Gasteiger charge is -2.10. The fraction of sp³-hybridized carbons (Fsp3) is 0.100. The predicted octanol–water partition coefficient (Wildman–Crippen LogP) is 6.54. The van der Waals surface area contributed by atoms with E-state index in [1.54, 1.807) is 12.1 Å². The van der Waals surface area contributed by atoms with Crippen molar-refractivity contribution in [3.8, 4) is 11.5 Å². The van der Waals surface area contributed by atoms with E-state index in [-0.39, 0.29) is 15.8 Å². The molecule has 0 radical (unpaired) electrons. The number of benzene rings is 3.